The van der Waals surface area contributed by atoms with Gasteiger partial charge in [0.1, 0.15) is 12.6 Å². The van der Waals surface area contributed by atoms with Crippen molar-refractivity contribution in [1.82, 2.24) is 0 Å². The second-order valence-electron chi connectivity index (χ2n) is 14.5. The number of unbranched alkanes of at least 4 members (excludes halogenated alkanes) is 10. The lowest BCUT2D eigenvalue weighted by atomic mass is 10.1. The quantitative estimate of drug-likeness (QED) is 0.0232. The number of carboxylic acids is 1. The van der Waals surface area contributed by atoms with E-state index in [4.69, 9.17) is 24.8 Å². The van der Waals surface area contributed by atoms with Crippen molar-refractivity contribution in [2.45, 2.75) is 167 Å². The Balaban J connectivity index is 4.55. The normalized spacial score (nSPS) is 14.6. The number of phosphoric acid groups is 1. The van der Waals surface area contributed by atoms with E-state index in [0.717, 1.165) is 70.6 Å². The van der Waals surface area contributed by atoms with E-state index in [2.05, 4.69) is 97.4 Å². The summed E-state index contributed by atoms with van der Waals surface area (Å²) in [5.41, 5.74) is 5.33. The number of aliphatic carboxylic acids is 1. The average molecular weight is 860 g/mol. The molecule has 0 aliphatic heterocycles. The van der Waals surface area contributed by atoms with Crippen LogP contribution in [0.5, 0.6) is 0 Å². The molecule has 0 rings (SSSR count). The van der Waals surface area contributed by atoms with Gasteiger partial charge in [-0.05, 0) is 89.9 Å². The lowest BCUT2D eigenvalue weighted by molar-refractivity contribution is -0.161. The molecule has 0 radical (unpaired) electrons. The standard InChI is InChI=1S/C48H78NO10P/c1-3-5-7-9-11-13-15-17-19-21-22-24-26-28-30-32-34-36-38-40-47(51)59-44(42-57-60(54,55)58-43-45(49)48(52)53)41-56-46(50)39-37-35-33-31-29-27-25-23-20-18-16-14-12-10-8-6-4-2/h11-14,17-20,22,24-25,27-28,30,34,36,44-45H,3-10,15-16,21,23,26,29,31-33,35,37-43,49H2,1-2H3,(H,52,53)(H,54,55)/b13-11-,14-12-,19-17-,20-18-,24-22-,27-25-,30-28-,36-34-/t44-,45+/m1/s1. The van der Waals surface area contributed by atoms with Crippen LogP contribution in [0, 0.1) is 0 Å². The monoisotopic (exact) mass is 860 g/mol. The van der Waals surface area contributed by atoms with Gasteiger partial charge < -0.3 is 25.2 Å². The first-order chi connectivity index (χ1) is 29.1. The summed E-state index contributed by atoms with van der Waals surface area (Å²) in [6.45, 7) is 2.63. The maximum atomic E-state index is 12.6. The van der Waals surface area contributed by atoms with Crippen molar-refractivity contribution in [2.75, 3.05) is 19.8 Å². The summed E-state index contributed by atoms with van der Waals surface area (Å²) in [4.78, 5) is 46.0. The molecule has 0 saturated heterocycles. The summed E-state index contributed by atoms with van der Waals surface area (Å²) in [6, 6.07) is -1.54. The molecule has 0 aromatic rings. The van der Waals surface area contributed by atoms with Gasteiger partial charge in [-0.3, -0.25) is 23.4 Å². The van der Waals surface area contributed by atoms with Crippen LogP contribution in [-0.4, -0.2) is 59.9 Å². The van der Waals surface area contributed by atoms with Gasteiger partial charge in [0, 0.05) is 12.8 Å². The number of allylic oxidation sites excluding steroid dienone is 16. The predicted octanol–water partition coefficient (Wildman–Crippen LogP) is 12.1. The molecular weight excluding hydrogens is 781 g/mol. The first-order valence-electron chi connectivity index (χ1n) is 22.3. The Morgan fingerprint density at radius 2 is 0.917 bits per heavy atom. The van der Waals surface area contributed by atoms with E-state index in [9.17, 15) is 23.8 Å². The Hall–Kier alpha value is -3.60. The largest absolute Gasteiger partial charge is 0.480 e. The fraction of sp³-hybridized carbons (Fsp3) is 0.604. The van der Waals surface area contributed by atoms with E-state index in [0.29, 0.717) is 19.3 Å². The van der Waals surface area contributed by atoms with Gasteiger partial charge in [0.25, 0.3) is 0 Å². The molecule has 0 spiro atoms. The van der Waals surface area contributed by atoms with Gasteiger partial charge in [-0.15, -0.1) is 0 Å². The zero-order chi connectivity index (χ0) is 44.2. The van der Waals surface area contributed by atoms with E-state index in [-0.39, 0.29) is 12.8 Å². The van der Waals surface area contributed by atoms with Crippen LogP contribution < -0.4 is 5.73 Å². The second-order valence-corrected chi connectivity index (χ2v) is 15.9. The van der Waals surface area contributed by atoms with Crippen molar-refractivity contribution >= 4 is 25.7 Å². The van der Waals surface area contributed by atoms with Gasteiger partial charge >= 0.3 is 25.7 Å². The SMILES string of the molecule is CCCCC/C=C\C/C=C\C/C=C\C/C=C\C/C=C\CCC(=O)O[C@H](COC(=O)CCCCCC/C=C\C/C=C\C/C=C\CCCCC)COP(=O)(O)OC[C@H](N)C(=O)O. The molecule has 0 heterocycles. The van der Waals surface area contributed by atoms with Gasteiger partial charge in [-0.1, -0.05) is 150 Å². The predicted molar refractivity (Wildman–Crippen MR) is 244 cm³/mol. The van der Waals surface area contributed by atoms with Crippen LogP contribution in [0.25, 0.3) is 0 Å². The zero-order valence-corrected chi connectivity index (χ0v) is 37.6. The minimum absolute atomic E-state index is 0.0268. The summed E-state index contributed by atoms with van der Waals surface area (Å²) in [7, 11) is -4.75. The van der Waals surface area contributed by atoms with Crippen molar-refractivity contribution in [3.05, 3.63) is 97.2 Å². The minimum Gasteiger partial charge on any atom is -0.480 e. The molecule has 0 saturated carbocycles. The van der Waals surface area contributed by atoms with Crippen LogP contribution in [0.3, 0.4) is 0 Å². The van der Waals surface area contributed by atoms with Crippen molar-refractivity contribution in [2.24, 2.45) is 5.73 Å². The molecule has 4 N–H and O–H groups in total. The summed E-state index contributed by atoms with van der Waals surface area (Å²) in [5.74, 6) is -2.53. The molecule has 0 aromatic heterocycles. The fourth-order valence-electron chi connectivity index (χ4n) is 5.29. The maximum absolute atomic E-state index is 12.6. The van der Waals surface area contributed by atoms with Gasteiger partial charge in [-0.25, -0.2) is 4.57 Å². The molecule has 1 unspecified atom stereocenters. The summed E-state index contributed by atoms with van der Waals surface area (Å²) in [5, 5.41) is 8.89. The van der Waals surface area contributed by atoms with Crippen LogP contribution >= 0.6 is 7.82 Å². The summed E-state index contributed by atoms with van der Waals surface area (Å²) < 4.78 is 32.6. The summed E-state index contributed by atoms with van der Waals surface area (Å²) in [6.07, 6.45) is 53.4. The molecule has 0 aromatic carbocycles. The number of rotatable bonds is 40. The molecule has 0 amide bonds. The number of carbonyl (C=O) groups excluding carboxylic acids is 2. The van der Waals surface area contributed by atoms with Crippen LogP contribution in [0.1, 0.15) is 155 Å². The molecule has 0 fully saturated rings. The molecule has 0 bridgehead atoms. The molecule has 60 heavy (non-hydrogen) atoms. The van der Waals surface area contributed by atoms with E-state index in [1.807, 2.05) is 18.2 Å². The Morgan fingerprint density at radius 1 is 0.517 bits per heavy atom. The lowest BCUT2D eigenvalue weighted by Gasteiger charge is -2.20. The van der Waals surface area contributed by atoms with E-state index in [1.54, 1.807) is 0 Å². The number of phosphoric ester groups is 1. The van der Waals surface area contributed by atoms with E-state index < -0.39 is 57.7 Å². The van der Waals surface area contributed by atoms with Crippen LogP contribution in [0.4, 0.5) is 0 Å². The molecule has 340 valence electrons. The lowest BCUT2D eigenvalue weighted by Crippen LogP contribution is -2.34. The molecular formula is C48H78NO10P. The topological polar surface area (TPSA) is 172 Å². The maximum Gasteiger partial charge on any atom is 0.472 e. The third-order valence-corrected chi connectivity index (χ3v) is 9.77. The smallest absolute Gasteiger partial charge is 0.472 e. The highest BCUT2D eigenvalue weighted by molar-refractivity contribution is 7.47. The van der Waals surface area contributed by atoms with Gasteiger partial charge in [0.15, 0.2) is 6.10 Å². The highest BCUT2D eigenvalue weighted by Gasteiger charge is 2.28. The van der Waals surface area contributed by atoms with Gasteiger partial charge in [-0.2, -0.15) is 0 Å². The number of hydrogen-bond acceptors (Lipinski definition) is 9. The number of carboxylic acid groups (broad SMARTS) is 1. The highest BCUT2D eigenvalue weighted by atomic mass is 31.2. The molecule has 3 atom stereocenters. The van der Waals surface area contributed by atoms with Crippen molar-refractivity contribution in [3.63, 3.8) is 0 Å². The highest BCUT2D eigenvalue weighted by Crippen LogP contribution is 2.43. The van der Waals surface area contributed by atoms with Crippen LogP contribution in [-0.2, 0) is 37.5 Å². The first kappa shape index (κ1) is 56.4. The third-order valence-electron chi connectivity index (χ3n) is 8.82. The number of hydrogen-bond donors (Lipinski definition) is 3. The van der Waals surface area contributed by atoms with Crippen molar-refractivity contribution in [1.29, 1.82) is 0 Å². The number of nitrogens with two attached hydrogens (primary N) is 1. The van der Waals surface area contributed by atoms with E-state index >= 15 is 0 Å². The number of esters is 2. The molecule has 0 aliphatic carbocycles. The Bertz CT molecular complexity index is 1380. The second kappa shape index (κ2) is 42.1. The van der Waals surface area contributed by atoms with Crippen molar-refractivity contribution in [3.8, 4) is 0 Å². The Morgan fingerprint density at radius 3 is 1.37 bits per heavy atom. The zero-order valence-electron chi connectivity index (χ0n) is 36.8. The minimum atomic E-state index is -4.75. The Kier molecular flexibility index (Phi) is 39.6. The number of ether oxygens (including phenoxy) is 2. The number of carbonyl (C=O) groups is 3. The van der Waals surface area contributed by atoms with Gasteiger partial charge in [0.05, 0.1) is 13.2 Å². The Labute approximate surface area is 362 Å². The first-order valence-corrected chi connectivity index (χ1v) is 23.8. The molecule has 12 heteroatoms. The fourth-order valence-corrected chi connectivity index (χ4v) is 6.07. The van der Waals surface area contributed by atoms with Crippen LogP contribution in [0.15, 0.2) is 97.2 Å². The van der Waals surface area contributed by atoms with Crippen molar-refractivity contribution < 1.29 is 47.5 Å². The van der Waals surface area contributed by atoms with E-state index in [1.165, 1.54) is 38.5 Å². The van der Waals surface area contributed by atoms with Gasteiger partial charge in [0.2, 0.25) is 0 Å². The average Bonchev–Trinajstić information content (AvgIpc) is 3.22. The molecule has 11 nitrogen and oxygen atoms in total. The summed E-state index contributed by atoms with van der Waals surface area (Å²) >= 11 is 0. The van der Waals surface area contributed by atoms with Crippen LogP contribution in [0.2, 0.25) is 0 Å². The third kappa shape index (κ3) is 41.1. The molecule has 0 aliphatic rings.